The van der Waals surface area contributed by atoms with Gasteiger partial charge in [0.1, 0.15) is 0 Å². The van der Waals surface area contributed by atoms with E-state index in [9.17, 15) is 9.70 Å². The molecule has 0 fully saturated rings. The average molecular weight is 261 g/mol. The standard InChI is InChI=1S/C13H12N2O4/c1-2-9-5-3-4-6-10(9)14-13(16)11-7-8-12(19-11)15(17)18/h3-8H,2H2,1H3,(H-,14,16,17,18)/p+1. The van der Waals surface area contributed by atoms with Crippen molar-refractivity contribution in [3.8, 4) is 0 Å². The van der Waals surface area contributed by atoms with Crippen LogP contribution in [0.1, 0.15) is 23.0 Å². The van der Waals surface area contributed by atoms with Crippen molar-refractivity contribution in [2.75, 3.05) is 5.32 Å². The lowest BCUT2D eigenvalue weighted by molar-refractivity contribution is -0.737. The average Bonchev–Trinajstić information content (AvgIpc) is 2.89. The molecule has 2 aromatic rings. The summed E-state index contributed by atoms with van der Waals surface area (Å²) in [4.78, 5) is 22.1. The zero-order chi connectivity index (χ0) is 13.8. The van der Waals surface area contributed by atoms with Crippen LogP contribution in [-0.2, 0) is 6.42 Å². The molecular formula is C13H13N2O4+. The van der Waals surface area contributed by atoms with E-state index in [-0.39, 0.29) is 11.6 Å². The van der Waals surface area contributed by atoms with E-state index in [1.165, 1.54) is 12.1 Å². The number of anilines is 1. The van der Waals surface area contributed by atoms with Crippen molar-refractivity contribution >= 4 is 17.5 Å². The first-order chi connectivity index (χ1) is 9.11. The summed E-state index contributed by atoms with van der Waals surface area (Å²) >= 11 is 0. The number of hydrogen-bond acceptors (Lipinski definition) is 3. The molecule has 2 N–H and O–H groups in total. The van der Waals surface area contributed by atoms with E-state index in [2.05, 4.69) is 5.32 Å². The minimum atomic E-state index is -0.478. The predicted molar refractivity (Wildman–Crippen MR) is 67.6 cm³/mol. The molecule has 0 unspecified atom stereocenters. The van der Waals surface area contributed by atoms with Gasteiger partial charge in [-0.25, -0.2) is 5.21 Å². The third kappa shape index (κ3) is 2.79. The lowest BCUT2D eigenvalue weighted by atomic mass is 10.1. The van der Waals surface area contributed by atoms with Crippen LogP contribution >= 0.6 is 0 Å². The number of amides is 1. The van der Waals surface area contributed by atoms with Gasteiger partial charge >= 0.3 is 5.88 Å². The number of rotatable bonds is 4. The quantitative estimate of drug-likeness (QED) is 0.829. The van der Waals surface area contributed by atoms with E-state index >= 15 is 0 Å². The highest BCUT2D eigenvalue weighted by atomic mass is 16.6. The van der Waals surface area contributed by atoms with Gasteiger partial charge in [-0.1, -0.05) is 25.1 Å². The van der Waals surface area contributed by atoms with Crippen molar-refractivity contribution in [1.82, 2.24) is 0 Å². The van der Waals surface area contributed by atoms with Gasteiger partial charge in [0.25, 0.3) is 10.8 Å². The summed E-state index contributed by atoms with van der Waals surface area (Å²) in [6, 6.07) is 9.94. The number of para-hydroxylation sites is 1. The molecule has 0 bridgehead atoms. The first kappa shape index (κ1) is 12.8. The number of hydrogen-bond donors (Lipinski definition) is 2. The number of furan rings is 1. The van der Waals surface area contributed by atoms with Crippen molar-refractivity contribution in [3.63, 3.8) is 0 Å². The van der Waals surface area contributed by atoms with E-state index in [1.807, 2.05) is 25.1 Å². The molecule has 1 heterocycles. The highest BCUT2D eigenvalue weighted by Crippen LogP contribution is 2.19. The SMILES string of the molecule is CCc1ccccc1NC(=O)c1ccc([N+](=O)O)o1. The Morgan fingerprint density at radius 1 is 1.32 bits per heavy atom. The highest BCUT2D eigenvalue weighted by Gasteiger charge is 2.21. The van der Waals surface area contributed by atoms with Gasteiger partial charge in [-0.3, -0.25) is 4.79 Å². The van der Waals surface area contributed by atoms with Crippen LogP contribution in [0.4, 0.5) is 11.6 Å². The van der Waals surface area contributed by atoms with Crippen LogP contribution in [0.15, 0.2) is 40.8 Å². The third-order valence-corrected chi connectivity index (χ3v) is 2.65. The van der Waals surface area contributed by atoms with Crippen LogP contribution in [0.25, 0.3) is 0 Å². The predicted octanol–water partition coefficient (Wildman–Crippen LogP) is 2.89. The van der Waals surface area contributed by atoms with Crippen LogP contribution in [0.3, 0.4) is 0 Å². The van der Waals surface area contributed by atoms with Crippen molar-refractivity contribution in [1.29, 1.82) is 0 Å². The molecule has 0 radical (unpaired) electrons. The molecule has 0 aliphatic rings. The van der Waals surface area contributed by atoms with Gasteiger partial charge < -0.3 is 9.73 Å². The normalized spacial score (nSPS) is 10.2. The Bertz CT molecular complexity index is 619. The molecule has 0 aliphatic carbocycles. The fraction of sp³-hybridized carbons (Fsp3) is 0.154. The number of benzene rings is 1. The summed E-state index contributed by atoms with van der Waals surface area (Å²) in [5, 5.41) is 11.3. The Morgan fingerprint density at radius 2 is 2.05 bits per heavy atom. The Hall–Kier alpha value is -2.63. The Morgan fingerprint density at radius 3 is 2.68 bits per heavy atom. The lowest BCUT2D eigenvalue weighted by Crippen LogP contribution is -2.12. The monoisotopic (exact) mass is 261 g/mol. The second-order valence-corrected chi connectivity index (χ2v) is 3.88. The van der Waals surface area contributed by atoms with Gasteiger partial charge in [0.2, 0.25) is 0 Å². The Balaban J connectivity index is 2.18. The fourth-order valence-corrected chi connectivity index (χ4v) is 1.69. The molecule has 1 aromatic carbocycles. The third-order valence-electron chi connectivity index (χ3n) is 2.65. The number of nitrogens with zero attached hydrogens (tertiary/aromatic N) is 1. The van der Waals surface area contributed by atoms with Crippen LogP contribution < -0.4 is 5.32 Å². The number of carbonyl (C=O) groups excluding carboxylic acids is 1. The van der Waals surface area contributed by atoms with Crippen LogP contribution in [0, 0.1) is 4.91 Å². The topological polar surface area (TPSA) is 82.5 Å². The molecule has 0 atom stereocenters. The Labute approximate surface area is 109 Å². The summed E-state index contributed by atoms with van der Waals surface area (Å²) in [6.07, 6.45) is 0.783. The van der Waals surface area contributed by atoms with Crippen molar-refractivity contribution < 1.29 is 19.3 Å². The van der Waals surface area contributed by atoms with Gasteiger partial charge in [0, 0.05) is 5.69 Å². The molecular weight excluding hydrogens is 248 g/mol. The molecule has 1 amide bonds. The lowest BCUT2D eigenvalue weighted by Gasteiger charge is -2.07. The van der Waals surface area contributed by atoms with E-state index in [1.54, 1.807) is 6.07 Å². The molecule has 0 aliphatic heterocycles. The minimum absolute atomic E-state index is 0.0455. The van der Waals surface area contributed by atoms with Gasteiger partial charge in [-0.15, -0.1) is 0 Å². The fourth-order valence-electron chi connectivity index (χ4n) is 1.69. The number of nitrogens with one attached hydrogen (secondary N) is 1. The van der Waals surface area contributed by atoms with Crippen LogP contribution in [0.2, 0.25) is 0 Å². The molecule has 0 spiro atoms. The molecule has 6 nitrogen and oxygen atoms in total. The van der Waals surface area contributed by atoms with Gasteiger partial charge in [0.05, 0.1) is 11.0 Å². The maximum atomic E-state index is 11.9. The van der Waals surface area contributed by atoms with E-state index in [0.717, 1.165) is 12.0 Å². The van der Waals surface area contributed by atoms with Crippen LogP contribution in [0.5, 0.6) is 0 Å². The van der Waals surface area contributed by atoms with Gasteiger partial charge in [-0.05, 0) is 24.1 Å². The molecule has 0 saturated carbocycles. The largest absolute Gasteiger partial charge is 0.480 e. The molecule has 19 heavy (non-hydrogen) atoms. The number of carbonyl (C=O) groups is 1. The molecule has 98 valence electrons. The zero-order valence-electron chi connectivity index (χ0n) is 10.3. The summed E-state index contributed by atoms with van der Waals surface area (Å²) in [6.45, 7) is 1.98. The maximum Gasteiger partial charge on any atom is 0.480 e. The van der Waals surface area contributed by atoms with Crippen molar-refractivity contribution in [3.05, 3.63) is 52.6 Å². The van der Waals surface area contributed by atoms with Gasteiger partial charge in [-0.2, -0.15) is 0 Å². The second kappa shape index (κ2) is 5.34. The van der Waals surface area contributed by atoms with Crippen molar-refractivity contribution in [2.45, 2.75) is 13.3 Å². The smallest absolute Gasteiger partial charge is 0.393 e. The van der Waals surface area contributed by atoms with Crippen molar-refractivity contribution in [2.24, 2.45) is 0 Å². The van der Waals surface area contributed by atoms with E-state index < -0.39 is 10.8 Å². The van der Waals surface area contributed by atoms with E-state index in [0.29, 0.717) is 5.69 Å². The number of aryl methyl sites for hydroxylation is 1. The minimum Gasteiger partial charge on any atom is -0.393 e. The molecule has 2 rings (SSSR count). The second-order valence-electron chi connectivity index (χ2n) is 3.88. The van der Waals surface area contributed by atoms with Gasteiger partial charge in [0.15, 0.2) is 5.76 Å². The molecule has 6 heteroatoms. The summed E-state index contributed by atoms with van der Waals surface area (Å²) in [7, 11) is 0. The maximum absolute atomic E-state index is 11.9. The first-order valence-corrected chi connectivity index (χ1v) is 5.77. The molecule has 0 saturated heterocycles. The summed E-state index contributed by atoms with van der Waals surface area (Å²) in [5.74, 6) is -0.862. The van der Waals surface area contributed by atoms with Crippen LogP contribution in [-0.4, -0.2) is 16.0 Å². The molecule has 1 aromatic heterocycles. The Kier molecular flexibility index (Phi) is 3.61. The summed E-state index contributed by atoms with van der Waals surface area (Å²) < 4.78 is 4.90. The van der Waals surface area contributed by atoms with E-state index in [4.69, 9.17) is 9.62 Å². The first-order valence-electron chi connectivity index (χ1n) is 5.77. The highest BCUT2D eigenvalue weighted by molar-refractivity contribution is 6.02. The zero-order valence-corrected chi connectivity index (χ0v) is 10.3. The summed E-state index contributed by atoms with van der Waals surface area (Å²) in [5.41, 5.74) is 1.69.